The van der Waals surface area contributed by atoms with E-state index in [-0.39, 0.29) is 0 Å². The van der Waals surface area contributed by atoms with Crippen LogP contribution in [0.3, 0.4) is 0 Å². The molecule has 0 aliphatic heterocycles. The number of nitrogens with zero attached hydrogens (tertiary/aromatic N) is 4. The van der Waals surface area contributed by atoms with Crippen molar-refractivity contribution < 1.29 is 0 Å². The zero-order valence-corrected chi connectivity index (χ0v) is 19.5. The Kier molecular flexibility index (Phi) is 5.83. The second-order valence-corrected chi connectivity index (χ2v) is 8.43. The first-order valence-corrected chi connectivity index (χ1v) is 11.8. The van der Waals surface area contributed by atoms with Crippen molar-refractivity contribution in [1.82, 2.24) is 19.9 Å². The fraction of sp³-hybridized carbons (Fsp3) is 0. The number of benzene rings is 4. The van der Waals surface area contributed by atoms with Gasteiger partial charge in [0.05, 0.1) is 0 Å². The third kappa shape index (κ3) is 4.52. The maximum absolute atomic E-state index is 4.87. The summed E-state index contributed by atoms with van der Waals surface area (Å²) in [6.07, 6.45) is 3.64. The lowest BCUT2D eigenvalue weighted by molar-refractivity contribution is 1.07. The van der Waals surface area contributed by atoms with E-state index in [0.717, 1.165) is 33.4 Å². The van der Waals surface area contributed by atoms with Gasteiger partial charge in [-0.05, 0) is 28.3 Å². The van der Waals surface area contributed by atoms with Crippen molar-refractivity contribution >= 4 is 0 Å². The monoisotopic (exact) mass is 462 g/mol. The summed E-state index contributed by atoms with van der Waals surface area (Å²) in [4.78, 5) is 18.8. The molecule has 2 aromatic heterocycles. The Bertz CT molecular complexity index is 1480. The molecule has 0 radical (unpaired) electrons. The van der Waals surface area contributed by atoms with Crippen LogP contribution in [0.1, 0.15) is 0 Å². The van der Waals surface area contributed by atoms with Gasteiger partial charge in [-0.15, -0.1) is 0 Å². The van der Waals surface area contributed by atoms with Crippen LogP contribution in [0.15, 0.2) is 134 Å². The van der Waals surface area contributed by atoms with E-state index in [1.807, 2.05) is 60.8 Å². The van der Waals surface area contributed by atoms with Gasteiger partial charge in [-0.25, -0.2) is 15.0 Å². The summed E-state index contributed by atoms with van der Waals surface area (Å²) in [5.74, 6) is 1.94. The Labute approximate surface area is 210 Å². The number of rotatable bonds is 5. The first-order chi connectivity index (χ1) is 17.8. The quantitative estimate of drug-likeness (QED) is 0.265. The van der Waals surface area contributed by atoms with Crippen LogP contribution in [-0.4, -0.2) is 19.9 Å². The molecule has 0 atom stereocenters. The third-order valence-corrected chi connectivity index (χ3v) is 6.06. The molecule has 0 spiro atoms. The summed E-state index contributed by atoms with van der Waals surface area (Å²) >= 11 is 0. The van der Waals surface area contributed by atoms with E-state index in [2.05, 4.69) is 71.7 Å². The highest BCUT2D eigenvalue weighted by Gasteiger charge is 2.12. The topological polar surface area (TPSA) is 51.6 Å². The van der Waals surface area contributed by atoms with E-state index in [9.17, 15) is 0 Å². The van der Waals surface area contributed by atoms with Crippen LogP contribution in [0.5, 0.6) is 0 Å². The zero-order valence-electron chi connectivity index (χ0n) is 19.5. The fourth-order valence-electron chi connectivity index (χ4n) is 4.14. The fourth-order valence-corrected chi connectivity index (χ4v) is 4.14. The Balaban J connectivity index is 1.41. The third-order valence-electron chi connectivity index (χ3n) is 6.06. The summed E-state index contributed by atoms with van der Waals surface area (Å²) in [7, 11) is 0. The molecule has 36 heavy (non-hydrogen) atoms. The van der Waals surface area contributed by atoms with Gasteiger partial charge in [-0.1, -0.05) is 115 Å². The predicted molar refractivity (Wildman–Crippen MR) is 145 cm³/mol. The Morgan fingerprint density at radius 3 is 1.14 bits per heavy atom. The minimum atomic E-state index is 0.642. The predicted octanol–water partition coefficient (Wildman–Crippen LogP) is 7.60. The molecule has 4 heteroatoms. The second kappa shape index (κ2) is 9.72. The van der Waals surface area contributed by atoms with Gasteiger partial charge in [0.1, 0.15) is 0 Å². The minimum absolute atomic E-state index is 0.642. The van der Waals surface area contributed by atoms with Gasteiger partial charge in [-0.2, -0.15) is 0 Å². The van der Waals surface area contributed by atoms with Crippen LogP contribution < -0.4 is 0 Å². The van der Waals surface area contributed by atoms with Gasteiger partial charge in [0.15, 0.2) is 17.5 Å². The molecule has 4 aromatic carbocycles. The SMILES string of the molecule is c1ccc(-c2ccc(-c3nc(-c4ccccc4)nc(-c4ccc(-c5cccnc5)cc4)n3)cc2)cc1. The molecule has 0 aliphatic carbocycles. The number of pyridine rings is 1. The van der Waals surface area contributed by atoms with Crippen molar-refractivity contribution in [3.63, 3.8) is 0 Å². The van der Waals surface area contributed by atoms with Crippen molar-refractivity contribution in [2.75, 3.05) is 0 Å². The van der Waals surface area contributed by atoms with Crippen molar-refractivity contribution in [1.29, 1.82) is 0 Å². The highest BCUT2D eigenvalue weighted by atomic mass is 15.0. The summed E-state index contributed by atoms with van der Waals surface area (Å²) in [5.41, 5.74) is 7.34. The second-order valence-electron chi connectivity index (χ2n) is 8.43. The van der Waals surface area contributed by atoms with Gasteiger partial charge < -0.3 is 0 Å². The van der Waals surface area contributed by atoms with Gasteiger partial charge in [0.2, 0.25) is 0 Å². The molecule has 4 nitrogen and oxygen atoms in total. The Hall–Kier alpha value is -4.96. The van der Waals surface area contributed by atoms with Crippen molar-refractivity contribution in [3.05, 3.63) is 134 Å². The summed E-state index contributed by atoms with van der Waals surface area (Å²) in [6, 6.07) is 41.0. The highest BCUT2D eigenvalue weighted by molar-refractivity contribution is 5.72. The Morgan fingerprint density at radius 2 is 0.667 bits per heavy atom. The van der Waals surface area contributed by atoms with Gasteiger partial charge >= 0.3 is 0 Å². The van der Waals surface area contributed by atoms with E-state index in [1.54, 1.807) is 6.20 Å². The first kappa shape index (κ1) is 21.6. The average Bonchev–Trinajstić information content (AvgIpc) is 2.98. The van der Waals surface area contributed by atoms with Crippen molar-refractivity contribution in [3.8, 4) is 56.4 Å². The standard InChI is InChI=1S/C32H22N4/c1-3-8-23(9-4-1)24-13-17-27(18-14-24)31-34-30(26-10-5-2-6-11-26)35-32(36-31)28-19-15-25(16-20-28)29-12-7-21-33-22-29/h1-22H. The van der Waals surface area contributed by atoms with Crippen LogP contribution in [-0.2, 0) is 0 Å². The summed E-state index contributed by atoms with van der Waals surface area (Å²) in [6.45, 7) is 0. The number of hydrogen-bond acceptors (Lipinski definition) is 4. The normalized spacial score (nSPS) is 10.8. The molecule has 170 valence electrons. The minimum Gasteiger partial charge on any atom is -0.264 e. The van der Waals surface area contributed by atoms with E-state index in [4.69, 9.17) is 15.0 Å². The lowest BCUT2D eigenvalue weighted by Crippen LogP contribution is -2.00. The molecule has 0 aliphatic rings. The van der Waals surface area contributed by atoms with Crippen LogP contribution in [0, 0.1) is 0 Å². The lowest BCUT2D eigenvalue weighted by atomic mass is 10.0. The van der Waals surface area contributed by atoms with Crippen LogP contribution in [0.4, 0.5) is 0 Å². The molecule has 0 unspecified atom stereocenters. The van der Waals surface area contributed by atoms with Crippen LogP contribution in [0.2, 0.25) is 0 Å². The molecule has 6 aromatic rings. The molecule has 0 saturated carbocycles. The van der Waals surface area contributed by atoms with Crippen LogP contribution in [0.25, 0.3) is 56.4 Å². The molecule has 0 saturated heterocycles. The summed E-state index contributed by atoms with van der Waals surface area (Å²) < 4.78 is 0. The molecule has 0 N–H and O–H groups in total. The molecular weight excluding hydrogens is 440 g/mol. The Morgan fingerprint density at radius 1 is 0.306 bits per heavy atom. The zero-order chi connectivity index (χ0) is 24.2. The molecule has 6 rings (SSSR count). The smallest absolute Gasteiger partial charge is 0.164 e. The number of aromatic nitrogens is 4. The van der Waals surface area contributed by atoms with Gasteiger partial charge in [-0.3, -0.25) is 4.98 Å². The number of hydrogen-bond donors (Lipinski definition) is 0. The van der Waals surface area contributed by atoms with E-state index >= 15 is 0 Å². The van der Waals surface area contributed by atoms with Gasteiger partial charge in [0.25, 0.3) is 0 Å². The first-order valence-electron chi connectivity index (χ1n) is 11.8. The van der Waals surface area contributed by atoms with E-state index in [1.165, 1.54) is 5.56 Å². The van der Waals surface area contributed by atoms with Crippen LogP contribution >= 0.6 is 0 Å². The van der Waals surface area contributed by atoms with Crippen molar-refractivity contribution in [2.45, 2.75) is 0 Å². The summed E-state index contributed by atoms with van der Waals surface area (Å²) in [5, 5.41) is 0. The molecular formula is C32H22N4. The molecule has 0 fully saturated rings. The van der Waals surface area contributed by atoms with E-state index in [0.29, 0.717) is 17.5 Å². The average molecular weight is 463 g/mol. The van der Waals surface area contributed by atoms with E-state index < -0.39 is 0 Å². The molecule has 0 amide bonds. The van der Waals surface area contributed by atoms with Crippen molar-refractivity contribution in [2.24, 2.45) is 0 Å². The lowest BCUT2D eigenvalue weighted by Gasteiger charge is -2.09. The maximum atomic E-state index is 4.87. The molecule has 0 bridgehead atoms. The van der Waals surface area contributed by atoms with Gasteiger partial charge in [0, 0.05) is 29.1 Å². The maximum Gasteiger partial charge on any atom is 0.164 e. The largest absolute Gasteiger partial charge is 0.264 e. The molecule has 2 heterocycles. The highest BCUT2D eigenvalue weighted by Crippen LogP contribution is 2.28.